The van der Waals surface area contributed by atoms with E-state index in [1.54, 1.807) is 13.4 Å². The Morgan fingerprint density at radius 2 is 2.28 bits per heavy atom. The topological polar surface area (TPSA) is 50.3 Å². The van der Waals surface area contributed by atoms with Gasteiger partial charge in [0.25, 0.3) is 0 Å². The third-order valence-corrected chi connectivity index (χ3v) is 3.50. The molecule has 1 saturated heterocycles. The van der Waals surface area contributed by atoms with Gasteiger partial charge in [0, 0.05) is 19.6 Å². The maximum atomic E-state index is 5.48. The van der Waals surface area contributed by atoms with Crippen LogP contribution >= 0.6 is 0 Å². The summed E-state index contributed by atoms with van der Waals surface area (Å²) in [6.07, 6.45) is 4.07. The Kier molecular flexibility index (Phi) is 4.23. The van der Waals surface area contributed by atoms with Gasteiger partial charge in [-0.2, -0.15) is 0 Å². The number of aromatic nitrogens is 2. The molecule has 5 nitrogen and oxygen atoms in total. The van der Waals surface area contributed by atoms with Crippen LogP contribution in [0.25, 0.3) is 0 Å². The second kappa shape index (κ2) is 5.89. The number of ether oxygens (including phenoxy) is 1. The molecule has 0 aliphatic carbocycles. The van der Waals surface area contributed by atoms with Crippen LogP contribution in [0.3, 0.4) is 0 Å². The lowest BCUT2D eigenvalue weighted by molar-refractivity contribution is 0.412. The minimum atomic E-state index is 0.760. The summed E-state index contributed by atoms with van der Waals surface area (Å²) in [7, 11) is 1.68. The molecule has 2 heterocycles. The normalized spacial score (nSPS) is 19.1. The lowest BCUT2D eigenvalue weighted by Gasteiger charge is -2.21. The Morgan fingerprint density at radius 1 is 1.44 bits per heavy atom. The van der Waals surface area contributed by atoms with Crippen molar-refractivity contribution >= 4 is 11.6 Å². The highest BCUT2D eigenvalue weighted by Gasteiger charge is 2.25. The van der Waals surface area contributed by atoms with Gasteiger partial charge in [0.15, 0.2) is 11.6 Å². The standard InChI is InChI=1S/C13H22N4O/c1-4-10-6-7-17(8-10)13-11(18-3)12(14-5-2)15-9-16-13/h9-10H,4-8H2,1-3H3,(H,14,15,16). The van der Waals surface area contributed by atoms with E-state index in [0.717, 1.165) is 42.9 Å². The summed E-state index contributed by atoms with van der Waals surface area (Å²) in [4.78, 5) is 10.9. The molecule has 0 spiro atoms. The van der Waals surface area contributed by atoms with Crippen LogP contribution in [0.5, 0.6) is 5.75 Å². The average Bonchev–Trinajstić information content (AvgIpc) is 2.87. The average molecular weight is 250 g/mol. The van der Waals surface area contributed by atoms with E-state index in [9.17, 15) is 0 Å². The number of rotatable bonds is 5. The molecule has 0 amide bonds. The van der Waals surface area contributed by atoms with Crippen LogP contribution in [0, 0.1) is 5.92 Å². The maximum absolute atomic E-state index is 5.48. The molecule has 1 fully saturated rings. The first kappa shape index (κ1) is 12.9. The fourth-order valence-electron chi connectivity index (χ4n) is 2.43. The van der Waals surface area contributed by atoms with Crippen molar-refractivity contribution in [1.29, 1.82) is 0 Å². The van der Waals surface area contributed by atoms with Crippen molar-refractivity contribution in [2.45, 2.75) is 26.7 Å². The van der Waals surface area contributed by atoms with Gasteiger partial charge in [-0.25, -0.2) is 9.97 Å². The first-order valence-electron chi connectivity index (χ1n) is 6.67. The molecule has 100 valence electrons. The van der Waals surface area contributed by atoms with E-state index in [0.29, 0.717) is 0 Å². The molecular formula is C13H22N4O. The molecule has 0 aromatic carbocycles. The number of methoxy groups -OCH3 is 1. The van der Waals surface area contributed by atoms with Crippen LogP contribution < -0.4 is 15.0 Å². The van der Waals surface area contributed by atoms with Crippen LogP contribution in [0.1, 0.15) is 26.7 Å². The first-order chi connectivity index (χ1) is 8.80. The zero-order valence-electron chi connectivity index (χ0n) is 11.4. The van der Waals surface area contributed by atoms with E-state index >= 15 is 0 Å². The summed E-state index contributed by atoms with van der Waals surface area (Å²) in [5.74, 6) is 3.23. The molecule has 1 N–H and O–H groups in total. The van der Waals surface area contributed by atoms with Crippen molar-refractivity contribution in [2.75, 3.05) is 37.0 Å². The van der Waals surface area contributed by atoms with E-state index in [1.165, 1.54) is 12.8 Å². The summed E-state index contributed by atoms with van der Waals surface area (Å²) in [6, 6.07) is 0. The fourth-order valence-corrected chi connectivity index (χ4v) is 2.43. The van der Waals surface area contributed by atoms with Gasteiger partial charge < -0.3 is 15.0 Å². The fraction of sp³-hybridized carbons (Fsp3) is 0.692. The second-order valence-electron chi connectivity index (χ2n) is 4.62. The van der Waals surface area contributed by atoms with Gasteiger partial charge in [-0.05, 0) is 19.3 Å². The predicted molar refractivity (Wildman–Crippen MR) is 73.4 cm³/mol. The minimum absolute atomic E-state index is 0.760. The summed E-state index contributed by atoms with van der Waals surface area (Å²) in [5.41, 5.74) is 0. The highest BCUT2D eigenvalue weighted by atomic mass is 16.5. The molecule has 2 rings (SSSR count). The number of hydrogen-bond acceptors (Lipinski definition) is 5. The zero-order valence-corrected chi connectivity index (χ0v) is 11.4. The molecule has 1 aromatic heterocycles. The van der Waals surface area contributed by atoms with E-state index < -0.39 is 0 Å². The van der Waals surface area contributed by atoms with Crippen molar-refractivity contribution in [1.82, 2.24) is 9.97 Å². The van der Waals surface area contributed by atoms with Gasteiger partial charge >= 0.3 is 0 Å². The third kappa shape index (κ3) is 2.49. The van der Waals surface area contributed by atoms with Crippen molar-refractivity contribution in [3.05, 3.63) is 6.33 Å². The minimum Gasteiger partial charge on any atom is -0.490 e. The van der Waals surface area contributed by atoms with Crippen LogP contribution in [0.15, 0.2) is 6.33 Å². The van der Waals surface area contributed by atoms with Crippen LogP contribution in [-0.2, 0) is 0 Å². The molecule has 1 aliphatic heterocycles. The van der Waals surface area contributed by atoms with E-state index in [1.807, 2.05) is 6.92 Å². The smallest absolute Gasteiger partial charge is 0.204 e. The Bertz CT molecular complexity index is 397. The molecule has 1 unspecified atom stereocenters. The number of anilines is 2. The lowest BCUT2D eigenvalue weighted by atomic mass is 10.1. The van der Waals surface area contributed by atoms with Gasteiger partial charge in [-0.15, -0.1) is 0 Å². The quantitative estimate of drug-likeness (QED) is 0.867. The van der Waals surface area contributed by atoms with Gasteiger partial charge in [-0.3, -0.25) is 0 Å². The monoisotopic (exact) mass is 250 g/mol. The van der Waals surface area contributed by atoms with Gasteiger partial charge in [0.2, 0.25) is 5.75 Å². The molecule has 5 heteroatoms. The predicted octanol–water partition coefficient (Wildman–Crippen LogP) is 2.15. The molecular weight excluding hydrogens is 228 g/mol. The van der Waals surface area contributed by atoms with E-state index in [-0.39, 0.29) is 0 Å². The van der Waals surface area contributed by atoms with E-state index in [2.05, 4.69) is 27.1 Å². The van der Waals surface area contributed by atoms with Gasteiger partial charge in [0.1, 0.15) is 6.33 Å². The summed E-state index contributed by atoms with van der Waals surface area (Å²) in [5, 5.41) is 3.21. The zero-order chi connectivity index (χ0) is 13.0. The Labute approximate surface area is 109 Å². The van der Waals surface area contributed by atoms with Gasteiger partial charge in [-0.1, -0.05) is 13.3 Å². The van der Waals surface area contributed by atoms with Crippen molar-refractivity contribution < 1.29 is 4.74 Å². The molecule has 0 saturated carbocycles. The SMILES string of the molecule is CCNc1ncnc(N2CCC(CC)C2)c1OC. The Morgan fingerprint density at radius 3 is 2.89 bits per heavy atom. The maximum Gasteiger partial charge on any atom is 0.204 e. The second-order valence-corrected chi connectivity index (χ2v) is 4.62. The summed E-state index contributed by atoms with van der Waals surface area (Å²) < 4.78 is 5.48. The van der Waals surface area contributed by atoms with Crippen LogP contribution in [-0.4, -0.2) is 36.7 Å². The summed E-state index contributed by atoms with van der Waals surface area (Å²) in [6.45, 7) is 7.23. The van der Waals surface area contributed by atoms with Crippen LogP contribution in [0.2, 0.25) is 0 Å². The molecule has 1 aromatic rings. The Hall–Kier alpha value is -1.52. The highest BCUT2D eigenvalue weighted by Crippen LogP contribution is 2.35. The molecule has 0 bridgehead atoms. The van der Waals surface area contributed by atoms with Gasteiger partial charge in [0.05, 0.1) is 7.11 Å². The number of hydrogen-bond donors (Lipinski definition) is 1. The van der Waals surface area contributed by atoms with Crippen molar-refractivity contribution in [3.63, 3.8) is 0 Å². The van der Waals surface area contributed by atoms with Crippen LogP contribution in [0.4, 0.5) is 11.6 Å². The molecule has 1 aliphatic rings. The number of nitrogens with zero attached hydrogens (tertiary/aromatic N) is 3. The van der Waals surface area contributed by atoms with Crippen molar-refractivity contribution in [2.24, 2.45) is 5.92 Å². The molecule has 1 atom stereocenters. The summed E-state index contributed by atoms with van der Waals surface area (Å²) >= 11 is 0. The number of nitrogens with one attached hydrogen (secondary N) is 1. The largest absolute Gasteiger partial charge is 0.490 e. The molecule has 18 heavy (non-hydrogen) atoms. The van der Waals surface area contributed by atoms with E-state index in [4.69, 9.17) is 4.74 Å². The first-order valence-corrected chi connectivity index (χ1v) is 6.67. The van der Waals surface area contributed by atoms with Crippen molar-refractivity contribution in [3.8, 4) is 5.75 Å². The molecule has 0 radical (unpaired) electrons. The third-order valence-electron chi connectivity index (χ3n) is 3.50. The Balaban J connectivity index is 2.24. The highest BCUT2D eigenvalue weighted by molar-refractivity contribution is 5.65. The lowest BCUT2D eigenvalue weighted by Crippen LogP contribution is -2.22.